The van der Waals surface area contributed by atoms with Gasteiger partial charge in [-0.15, -0.1) is 0 Å². The summed E-state index contributed by atoms with van der Waals surface area (Å²) in [5, 5.41) is 0. The fraction of sp³-hybridized carbons (Fsp3) is 0.917. The Kier molecular flexibility index (Phi) is 19.7. The first-order valence-corrected chi connectivity index (χ1v) is 14.0. The Morgan fingerprint density at radius 1 is 0.848 bits per heavy atom. The normalized spacial score (nSPS) is 12.6. The molecule has 0 saturated heterocycles. The van der Waals surface area contributed by atoms with E-state index >= 15 is 0 Å². The number of likely N-dealkylation sites (N-methyl/N-ethyl adjacent to an activating group) is 1. The number of quaternary nitrogens is 1. The van der Waals surface area contributed by atoms with Crippen LogP contribution in [0.1, 0.15) is 91.4 Å². The van der Waals surface area contributed by atoms with Gasteiger partial charge in [0.15, 0.2) is 6.10 Å². The van der Waals surface area contributed by atoms with Crippen LogP contribution >= 0.6 is 0 Å². The summed E-state index contributed by atoms with van der Waals surface area (Å²) in [5.41, 5.74) is 0. The highest BCUT2D eigenvalue weighted by molar-refractivity contribution is 7.84. The summed E-state index contributed by atoms with van der Waals surface area (Å²) >= 11 is 0. The molecule has 198 valence electrons. The molecule has 0 N–H and O–H groups in total. The fourth-order valence-corrected chi connectivity index (χ4v) is 3.17. The molecule has 0 aliphatic heterocycles. The van der Waals surface area contributed by atoms with Crippen LogP contribution in [0.2, 0.25) is 0 Å². The van der Waals surface area contributed by atoms with Crippen LogP contribution in [0.15, 0.2) is 0 Å². The van der Waals surface area contributed by atoms with E-state index in [0.717, 1.165) is 12.8 Å². The van der Waals surface area contributed by atoms with E-state index in [0.29, 0.717) is 30.3 Å². The molecule has 33 heavy (non-hydrogen) atoms. The summed E-state index contributed by atoms with van der Waals surface area (Å²) in [7, 11) is 2.16. The van der Waals surface area contributed by atoms with Crippen LogP contribution in [0.25, 0.3) is 0 Å². The van der Waals surface area contributed by atoms with E-state index in [1.165, 1.54) is 44.9 Å². The molecular weight excluding hydrogens is 446 g/mol. The molecule has 0 radical (unpaired) electrons. The third kappa shape index (κ3) is 33.1. The topological polar surface area (TPSA) is 110 Å². The van der Waals surface area contributed by atoms with Gasteiger partial charge in [0.25, 0.3) is 0 Å². The van der Waals surface area contributed by atoms with Gasteiger partial charge in [0, 0.05) is 12.7 Å². The molecule has 0 amide bonds. The minimum absolute atomic E-state index is 0.136. The van der Waals surface area contributed by atoms with Crippen molar-refractivity contribution >= 4 is 22.1 Å². The van der Waals surface area contributed by atoms with Crippen molar-refractivity contribution in [2.24, 2.45) is 5.92 Å². The standard InChI is InChI=1S/C23H46NO4.CH4O3S/c1-7-8-9-10-11-12-13-14-15-16-27-22(25)18-21(19-24(4,5)6)28-23(26)17-20(2)3;1-5(2,3)4/h20-21H,7-19H2,1-6H3;1H3,(H,2,3,4)/q+1;/p-1. The molecule has 9 heteroatoms. The lowest BCUT2D eigenvalue weighted by molar-refractivity contribution is -0.873. The maximum Gasteiger partial charge on any atom is 0.309 e. The predicted molar refractivity (Wildman–Crippen MR) is 131 cm³/mol. The van der Waals surface area contributed by atoms with Gasteiger partial charge in [-0.3, -0.25) is 9.59 Å². The van der Waals surface area contributed by atoms with Gasteiger partial charge in [-0.05, 0) is 12.3 Å². The van der Waals surface area contributed by atoms with Crippen LogP contribution in [0.5, 0.6) is 0 Å². The first-order chi connectivity index (χ1) is 15.1. The second kappa shape index (κ2) is 19.2. The van der Waals surface area contributed by atoms with E-state index < -0.39 is 16.2 Å². The molecule has 0 aromatic heterocycles. The second-order valence-electron chi connectivity index (χ2n) is 10.1. The van der Waals surface area contributed by atoms with Crippen molar-refractivity contribution in [1.82, 2.24) is 0 Å². The zero-order valence-corrected chi connectivity index (χ0v) is 22.9. The highest BCUT2D eigenvalue weighted by Gasteiger charge is 2.25. The van der Waals surface area contributed by atoms with E-state index in [1.807, 2.05) is 35.0 Å². The number of nitrogens with zero attached hydrogens (tertiary/aromatic N) is 1. The van der Waals surface area contributed by atoms with E-state index in [1.54, 1.807) is 0 Å². The Hall–Kier alpha value is -1.19. The lowest BCUT2D eigenvalue weighted by Gasteiger charge is -2.28. The van der Waals surface area contributed by atoms with Crippen molar-refractivity contribution in [3.63, 3.8) is 0 Å². The molecule has 0 spiro atoms. The number of carbonyl (C=O) groups is 2. The first kappa shape index (κ1) is 34.0. The summed E-state index contributed by atoms with van der Waals surface area (Å²) in [6.45, 7) is 7.26. The molecule has 1 unspecified atom stereocenters. The van der Waals surface area contributed by atoms with E-state index in [9.17, 15) is 9.59 Å². The fourth-order valence-electron chi connectivity index (χ4n) is 3.17. The van der Waals surface area contributed by atoms with Gasteiger partial charge in [-0.2, -0.15) is 0 Å². The monoisotopic (exact) mass is 495 g/mol. The molecule has 0 saturated carbocycles. The van der Waals surface area contributed by atoms with Crippen LogP contribution in [0, 0.1) is 5.92 Å². The molecule has 0 rings (SSSR count). The molecule has 0 aliphatic carbocycles. The van der Waals surface area contributed by atoms with E-state index in [-0.39, 0.29) is 24.3 Å². The average molecular weight is 496 g/mol. The second-order valence-corrected chi connectivity index (χ2v) is 11.5. The van der Waals surface area contributed by atoms with Gasteiger partial charge in [0.1, 0.15) is 6.54 Å². The maximum atomic E-state index is 12.2. The van der Waals surface area contributed by atoms with Crippen molar-refractivity contribution in [2.75, 3.05) is 40.6 Å². The average Bonchev–Trinajstić information content (AvgIpc) is 2.59. The maximum absolute atomic E-state index is 12.2. The lowest BCUT2D eigenvalue weighted by Crippen LogP contribution is -2.44. The third-order valence-electron chi connectivity index (χ3n) is 4.53. The van der Waals surface area contributed by atoms with Crippen LogP contribution < -0.4 is 0 Å². The predicted octanol–water partition coefficient (Wildman–Crippen LogP) is 4.28. The zero-order chi connectivity index (χ0) is 25.9. The highest BCUT2D eigenvalue weighted by Crippen LogP contribution is 2.12. The Morgan fingerprint density at radius 2 is 1.30 bits per heavy atom. The van der Waals surface area contributed by atoms with Crippen molar-refractivity contribution in [2.45, 2.75) is 97.5 Å². The Bertz CT molecular complexity index is 605. The van der Waals surface area contributed by atoms with Gasteiger partial charge in [-0.25, -0.2) is 8.42 Å². The Balaban J connectivity index is 0. The number of hydrogen-bond acceptors (Lipinski definition) is 7. The first-order valence-electron chi connectivity index (χ1n) is 12.2. The number of unbranched alkanes of at least 4 members (excludes halogenated alkanes) is 8. The van der Waals surface area contributed by atoms with Crippen LogP contribution in [0.4, 0.5) is 0 Å². The summed E-state index contributed by atoms with van der Waals surface area (Å²) < 4.78 is 38.8. The molecule has 0 aromatic rings. The Morgan fingerprint density at radius 3 is 1.73 bits per heavy atom. The summed E-state index contributed by atoms with van der Waals surface area (Å²) in [6.07, 6.45) is 11.8. The summed E-state index contributed by atoms with van der Waals surface area (Å²) in [4.78, 5) is 24.2. The van der Waals surface area contributed by atoms with Crippen LogP contribution in [-0.2, 0) is 29.2 Å². The highest BCUT2D eigenvalue weighted by atomic mass is 32.2. The van der Waals surface area contributed by atoms with E-state index in [2.05, 4.69) is 6.92 Å². The van der Waals surface area contributed by atoms with Gasteiger partial charge < -0.3 is 18.5 Å². The molecule has 0 aromatic carbocycles. The molecule has 0 aliphatic rings. The minimum Gasteiger partial charge on any atom is -0.748 e. The zero-order valence-electron chi connectivity index (χ0n) is 22.1. The van der Waals surface area contributed by atoms with Gasteiger partial charge in [0.2, 0.25) is 0 Å². The smallest absolute Gasteiger partial charge is 0.309 e. The quantitative estimate of drug-likeness (QED) is 0.128. The number of esters is 2. The number of hydrogen-bond donors (Lipinski definition) is 0. The lowest BCUT2D eigenvalue weighted by atomic mass is 10.1. The van der Waals surface area contributed by atoms with Crippen molar-refractivity contribution in [1.29, 1.82) is 0 Å². The van der Waals surface area contributed by atoms with Crippen molar-refractivity contribution in [3.05, 3.63) is 0 Å². The van der Waals surface area contributed by atoms with Crippen LogP contribution in [0.3, 0.4) is 0 Å². The molecule has 0 fully saturated rings. The summed E-state index contributed by atoms with van der Waals surface area (Å²) in [5.74, 6) is -0.258. The minimum atomic E-state index is -3.92. The van der Waals surface area contributed by atoms with Crippen molar-refractivity contribution < 1.29 is 36.5 Å². The largest absolute Gasteiger partial charge is 0.748 e. The summed E-state index contributed by atoms with van der Waals surface area (Å²) in [6, 6.07) is 0. The van der Waals surface area contributed by atoms with Crippen molar-refractivity contribution in [3.8, 4) is 0 Å². The van der Waals surface area contributed by atoms with Crippen LogP contribution in [-0.4, -0.2) is 76.0 Å². The molecular formula is C24H49NO7S. The number of rotatable bonds is 17. The van der Waals surface area contributed by atoms with Gasteiger partial charge in [0.05, 0.1) is 44.3 Å². The number of ether oxygens (including phenoxy) is 2. The molecule has 1 atom stereocenters. The van der Waals surface area contributed by atoms with Gasteiger partial charge in [-0.1, -0.05) is 72.1 Å². The molecule has 0 bridgehead atoms. The Labute approximate surface area is 202 Å². The third-order valence-corrected chi connectivity index (χ3v) is 4.53. The van der Waals surface area contributed by atoms with E-state index in [4.69, 9.17) is 22.4 Å². The molecule has 0 heterocycles. The molecule has 8 nitrogen and oxygen atoms in total. The van der Waals surface area contributed by atoms with Gasteiger partial charge >= 0.3 is 11.9 Å². The number of carbonyl (C=O) groups excluding carboxylic acids is 2. The SMILES string of the molecule is CCCCCCCCCCCOC(=O)CC(C[N+](C)(C)C)OC(=O)CC(C)C.CS(=O)(=O)[O-].